The second-order valence-corrected chi connectivity index (χ2v) is 4.34. The van der Waals surface area contributed by atoms with Gasteiger partial charge in [0.05, 0.1) is 12.6 Å². The number of ether oxygens (including phenoxy) is 1. The predicted molar refractivity (Wildman–Crippen MR) is 66.8 cm³/mol. The normalized spacial score (nSPS) is 20.2. The monoisotopic (exact) mass is 252 g/mol. The number of hydrogen-bond acceptors (Lipinski definition) is 3. The van der Waals surface area contributed by atoms with Gasteiger partial charge in [-0.15, -0.1) is 0 Å². The molecular formula is C13H17FN2O2. The van der Waals surface area contributed by atoms with Crippen molar-refractivity contribution in [3.63, 3.8) is 0 Å². The number of amides is 1. The summed E-state index contributed by atoms with van der Waals surface area (Å²) in [5, 5.41) is 0. The van der Waals surface area contributed by atoms with E-state index in [2.05, 4.69) is 0 Å². The number of hydrogen-bond donors (Lipinski definition) is 1. The lowest BCUT2D eigenvalue weighted by Crippen LogP contribution is -2.46. The zero-order valence-corrected chi connectivity index (χ0v) is 10.1. The molecule has 1 saturated heterocycles. The third-order valence-corrected chi connectivity index (χ3v) is 3.00. The summed E-state index contributed by atoms with van der Waals surface area (Å²) < 4.78 is 18.3. The van der Waals surface area contributed by atoms with Gasteiger partial charge in [-0.3, -0.25) is 4.79 Å². The van der Waals surface area contributed by atoms with Crippen molar-refractivity contribution in [1.29, 1.82) is 0 Å². The van der Waals surface area contributed by atoms with Crippen LogP contribution in [0.5, 0.6) is 0 Å². The van der Waals surface area contributed by atoms with Gasteiger partial charge in [0.1, 0.15) is 12.4 Å². The molecule has 1 amide bonds. The van der Waals surface area contributed by atoms with Crippen molar-refractivity contribution in [2.75, 3.05) is 24.6 Å². The van der Waals surface area contributed by atoms with Gasteiger partial charge in [0.25, 0.3) is 5.91 Å². The van der Waals surface area contributed by atoms with E-state index in [1.807, 2.05) is 0 Å². The predicted octanol–water partition coefficient (Wildman–Crippen LogP) is 1.30. The van der Waals surface area contributed by atoms with E-state index in [9.17, 15) is 9.18 Å². The Balaban J connectivity index is 2.05. The lowest BCUT2D eigenvalue weighted by Gasteiger charge is -2.32. The van der Waals surface area contributed by atoms with Crippen LogP contribution in [0.15, 0.2) is 24.3 Å². The van der Waals surface area contributed by atoms with Gasteiger partial charge in [0.15, 0.2) is 0 Å². The van der Waals surface area contributed by atoms with E-state index in [0.29, 0.717) is 18.8 Å². The lowest BCUT2D eigenvalue weighted by molar-refractivity contribution is -0.129. The average Bonchev–Trinajstić information content (AvgIpc) is 2.39. The third-order valence-electron chi connectivity index (χ3n) is 3.00. The molecule has 1 aliphatic rings. The van der Waals surface area contributed by atoms with Gasteiger partial charge in [-0.2, -0.15) is 0 Å². The first-order valence-electron chi connectivity index (χ1n) is 6.08. The summed E-state index contributed by atoms with van der Waals surface area (Å²) in [6, 6.07) is 5.93. The zero-order valence-electron chi connectivity index (χ0n) is 10.1. The third kappa shape index (κ3) is 3.05. The van der Waals surface area contributed by atoms with Gasteiger partial charge in [0, 0.05) is 5.69 Å². The molecule has 4 nitrogen and oxygen atoms in total. The average molecular weight is 252 g/mol. The maximum atomic E-state index is 12.9. The molecule has 1 heterocycles. The minimum atomic E-state index is -0.306. The minimum absolute atomic E-state index is 0.0105. The molecule has 1 aromatic rings. The number of anilines is 1. The summed E-state index contributed by atoms with van der Waals surface area (Å²) in [7, 11) is 0. The Morgan fingerprint density at radius 2 is 2.11 bits per heavy atom. The number of benzene rings is 1. The molecule has 0 aliphatic carbocycles. The minimum Gasteiger partial charge on any atom is -0.367 e. The van der Waals surface area contributed by atoms with Crippen molar-refractivity contribution in [3.8, 4) is 0 Å². The first-order chi connectivity index (χ1) is 8.70. The van der Waals surface area contributed by atoms with Crippen LogP contribution in [-0.4, -0.2) is 31.7 Å². The van der Waals surface area contributed by atoms with Crippen LogP contribution in [-0.2, 0) is 9.53 Å². The molecule has 1 unspecified atom stereocenters. The quantitative estimate of drug-likeness (QED) is 0.878. The largest absolute Gasteiger partial charge is 0.367 e. The SMILES string of the molecule is NCCCC1CN(c2ccc(F)cc2)C(=O)CO1. The van der Waals surface area contributed by atoms with E-state index in [-0.39, 0.29) is 24.4 Å². The summed E-state index contributed by atoms with van der Waals surface area (Å²) >= 11 is 0. The van der Waals surface area contributed by atoms with Crippen LogP contribution in [0.3, 0.4) is 0 Å². The molecule has 2 rings (SSSR count). The molecule has 1 aliphatic heterocycles. The molecule has 0 bridgehead atoms. The molecule has 5 heteroatoms. The van der Waals surface area contributed by atoms with E-state index in [1.54, 1.807) is 17.0 Å². The summed E-state index contributed by atoms with van der Waals surface area (Å²) in [5.74, 6) is -0.398. The number of morpholine rings is 1. The van der Waals surface area contributed by atoms with Crippen molar-refractivity contribution in [2.45, 2.75) is 18.9 Å². The maximum absolute atomic E-state index is 12.9. The maximum Gasteiger partial charge on any atom is 0.253 e. The van der Waals surface area contributed by atoms with Crippen LogP contribution in [0.25, 0.3) is 0 Å². The summed E-state index contributed by atoms with van der Waals surface area (Å²) in [6.07, 6.45) is 1.72. The standard InChI is InChI=1S/C13H17FN2O2/c14-10-3-5-11(6-4-10)16-8-12(2-1-7-15)18-9-13(16)17/h3-6,12H,1-2,7-9,15H2. The number of nitrogens with two attached hydrogens (primary N) is 1. The molecule has 1 fully saturated rings. The molecule has 18 heavy (non-hydrogen) atoms. The van der Waals surface area contributed by atoms with Crippen LogP contribution in [0.4, 0.5) is 10.1 Å². The van der Waals surface area contributed by atoms with E-state index < -0.39 is 0 Å². The molecule has 98 valence electrons. The Kier molecular flexibility index (Phi) is 4.28. The molecule has 1 aromatic carbocycles. The van der Waals surface area contributed by atoms with Gasteiger partial charge >= 0.3 is 0 Å². The Morgan fingerprint density at radius 3 is 2.78 bits per heavy atom. The van der Waals surface area contributed by atoms with E-state index in [4.69, 9.17) is 10.5 Å². The van der Waals surface area contributed by atoms with Gasteiger partial charge in [-0.05, 0) is 43.7 Å². The fourth-order valence-electron chi connectivity index (χ4n) is 2.02. The van der Waals surface area contributed by atoms with Crippen LogP contribution in [0.1, 0.15) is 12.8 Å². The molecule has 1 atom stereocenters. The Morgan fingerprint density at radius 1 is 1.39 bits per heavy atom. The van der Waals surface area contributed by atoms with Gasteiger partial charge in [0.2, 0.25) is 0 Å². The number of carbonyl (C=O) groups is 1. The molecular weight excluding hydrogens is 235 g/mol. The van der Waals surface area contributed by atoms with E-state index >= 15 is 0 Å². The molecule has 0 radical (unpaired) electrons. The number of nitrogens with zero attached hydrogens (tertiary/aromatic N) is 1. The Bertz CT molecular complexity index is 408. The smallest absolute Gasteiger partial charge is 0.253 e. The van der Waals surface area contributed by atoms with Crippen molar-refractivity contribution in [3.05, 3.63) is 30.1 Å². The molecule has 2 N–H and O–H groups in total. The van der Waals surface area contributed by atoms with Gasteiger partial charge < -0.3 is 15.4 Å². The molecule has 0 aromatic heterocycles. The fourth-order valence-corrected chi connectivity index (χ4v) is 2.02. The fraction of sp³-hybridized carbons (Fsp3) is 0.462. The highest BCUT2D eigenvalue weighted by Gasteiger charge is 2.26. The number of carbonyl (C=O) groups excluding carboxylic acids is 1. The van der Waals surface area contributed by atoms with E-state index in [1.165, 1.54) is 12.1 Å². The zero-order chi connectivity index (χ0) is 13.0. The number of rotatable bonds is 4. The van der Waals surface area contributed by atoms with Gasteiger partial charge in [-0.1, -0.05) is 0 Å². The van der Waals surface area contributed by atoms with Crippen LogP contribution >= 0.6 is 0 Å². The molecule has 0 spiro atoms. The van der Waals surface area contributed by atoms with Gasteiger partial charge in [-0.25, -0.2) is 4.39 Å². The lowest BCUT2D eigenvalue weighted by atomic mass is 10.1. The highest BCUT2D eigenvalue weighted by molar-refractivity contribution is 5.94. The topological polar surface area (TPSA) is 55.6 Å². The van der Waals surface area contributed by atoms with Crippen LogP contribution in [0, 0.1) is 5.82 Å². The second kappa shape index (κ2) is 5.93. The van der Waals surface area contributed by atoms with Crippen molar-refractivity contribution >= 4 is 11.6 Å². The van der Waals surface area contributed by atoms with Crippen LogP contribution in [0.2, 0.25) is 0 Å². The van der Waals surface area contributed by atoms with Crippen molar-refractivity contribution in [1.82, 2.24) is 0 Å². The molecule has 0 saturated carbocycles. The highest BCUT2D eigenvalue weighted by Crippen LogP contribution is 2.20. The number of halogens is 1. The van der Waals surface area contributed by atoms with Crippen LogP contribution < -0.4 is 10.6 Å². The Labute approximate surface area is 106 Å². The summed E-state index contributed by atoms with van der Waals surface area (Å²) in [5.41, 5.74) is 6.17. The highest BCUT2D eigenvalue weighted by atomic mass is 19.1. The summed E-state index contributed by atoms with van der Waals surface area (Å²) in [6.45, 7) is 1.20. The van der Waals surface area contributed by atoms with Crippen molar-refractivity contribution in [2.24, 2.45) is 5.73 Å². The Hall–Kier alpha value is -1.46. The second-order valence-electron chi connectivity index (χ2n) is 4.34. The van der Waals surface area contributed by atoms with E-state index in [0.717, 1.165) is 12.8 Å². The first kappa shape index (κ1) is 13.0. The summed E-state index contributed by atoms with van der Waals surface area (Å²) in [4.78, 5) is 13.4. The first-order valence-corrected chi connectivity index (χ1v) is 6.08. The van der Waals surface area contributed by atoms with Crippen molar-refractivity contribution < 1.29 is 13.9 Å².